The third-order valence-electron chi connectivity index (χ3n) is 2.98. The molecule has 0 radical (unpaired) electrons. The molecule has 0 bridgehead atoms. The Labute approximate surface area is 134 Å². The van der Waals surface area contributed by atoms with Crippen molar-refractivity contribution < 1.29 is 14.6 Å². The first-order valence-corrected chi connectivity index (χ1v) is 7.08. The van der Waals surface area contributed by atoms with Crippen molar-refractivity contribution in [2.75, 3.05) is 11.9 Å². The number of phenols is 1. The smallest absolute Gasteiger partial charge is 0.266 e. The Morgan fingerprint density at radius 1 is 1.30 bits per heavy atom. The number of rotatable bonds is 5. The molecule has 0 saturated heterocycles. The monoisotopic (exact) mass is 308 g/mol. The molecule has 1 amide bonds. The second-order valence-corrected chi connectivity index (χ2v) is 4.65. The molecule has 0 heterocycles. The number of hydrogen-bond acceptors (Lipinski definition) is 4. The van der Waals surface area contributed by atoms with Gasteiger partial charge in [0.05, 0.1) is 12.3 Å². The van der Waals surface area contributed by atoms with E-state index >= 15 is 0 Å². The molecule has 0 unspecified atom stereocenters. The van der Waals surface area contributed by atoms with Crippen LogP contribution in [0.2, 0.25) is 0 Å². The van der Waals surface area contributed by atoms with Crippen molar-refractivity contribution in [3.05, 3.63) is 59.7 Å². The van der Waals surface area contributed by atoms with Gasteiger partial charge in [0.15, 0.2) is 0 Å². The van der Waals surface area contributed by atoms with Crippen LogP contribution in [0.3, 0.4) is 0 Å². The lowest BCUT2D eigenvalue weighted by Crippen LogP contribution is -2.14. The minimum atomic E-state index is -0.539. The molecule has 0 atom stereocenters. The molecule has 2 N–H and O–H groups in total. The van der Waals surface area contributed by atoms with Gasteiger partial charge in [0.1, 0.15) is 23.1 Å². The van der Waals surface area contributed by atoms with Crippen LogP contribution in [-0.4, -0.2) is 17.6 Å². The number of para-hydroxylation sites is 2. The van der Waals surface area contributed by atoms with E-state index in [0.717, 1.165) is 0 Å². The van der Waals surface area contributed by atoms with Crippen molar-refractivity contribution in [2.45, 2.75) is 6.92 Å². The van der Waals surface area contributed by atoms with Crippen molar-refractivity contribution in [3.63, 3.8) is 0 Å². The first-order valence-electron chi connectivity index (χ1n) is 7.08. The van der Waals surface area contributed by atoms with Crippen molar-refractivity contribution in [2.24, 2.45) is 0 Å². The van der Waals surface area contributed by atoms with E-state index < -0.39 is 5.91 Å². The summed E-state index contributed by atoms with van der Waals surface area (Å²) in [6.07, 6.45) is 1.42. The predicted octanol–water partition coefficient (Wildman–Crippen LogP) is 3.34. The number of carbonyl (C=O) groups is 1. The highest BCUT2D eigenvalue weighted by Gasteiger charge is 2.12. The van der Waals surface area contributed by atoms with E-state index in [-0.39, 0.29) is 11.3 Å². The number of aromatic hydroxyl groups is 1. The quantitative estimate of drug-likeness (QED) is 0.655. The molecule has 2 aromatic carbocycles. The molecule has 0 fully saturated rings. The normalized spacial score (nSPS) is 10.7. The predicted molar refractivity (Wildman–Crippen MR) is 87.9 cm³/mol. The SMILES string of the molecule is CCOc1ccccc1NC(=O)/C(C#N)=C/c1cccc(O)c1. The van der Waals surface area contributed by atoms with Crippen LogP contribution in [0.25, 0.3) is 6.08 Å². The fourth-order valence-electron chi connectivity index (χ4n) is 1.97. The van der Waals surface area contributed by atoms with Gasteiger partial charge in [-0.2, -0.15) is 5.26 Å². The van der Waals surface area contributed by atoms with Gasteiger partial charge in [0.25, 0.3) is 5.91 Å². The summed E-state index contributed by atoms with van der Waals surface area (Å²) in [5.74, 6) is 0.0686. The zero-order valence-corrected chi connectivity index (χ0v) is 12.6. The average molecular weight is 308 g/mol. The molecule has 2 aromatic rings. The lowest BCUT2D eigenvalue weighted by Gasteiger charge is -2.10. The maximum Gasteiger partial charge on any atom is 0.266 e. The minimum absolute atomic E-state index is 0.0677. The highest BCUT2D eigenvalue weighted by atomic mass is 16.5. The summed E-state index contributed by atoms with van der Waals surface area (Å²) < 4.78 is 5.44. The molecule has 2 rings (SSSR count). The van der Waals surface area contributed by atoms with E-state index in [4.69, 9.17) is 4.74 Å². The van der Waals surface area contributed by atoms with Crippen molar-refractivity contribution in [3.8, 4) is 17.6 Å². The molecule has 5 heteroatoms. The van der Waals surface area contributed by atoms with Crippen LogP contribution in [0.4, 0.5) is 5.69 Å². The van der Waals surface area contributed by atoms with Crippen molar-refractivity contribution in [1.82, 2.24) is 0 Å². The number of amides is 1. The van der Waals surface area contributed by atoms with E-state index in [1.54, 1.807) is 36.4 Å². The third-order valence-corrected chi connectivity index (χ3v) is 2.98. The van der Waals surface area contributed by atoms with Crippen LogP contribution in [0.1, 0.15) is 12.5 Å². The van der Waals surface area contributed by atoms with Gasteiger partial charge < -0.3 is 15.2 Å². The lowest BCUT2D eigenvalue weighted by atomic mass is 10.1. The number of anilines is 1. The van der Waals surface area contributed by atoms with Crippen molar-refractivity contribution >= 4 is 17.7 Å². The number of phenolic OH excluding ortho intramolecular Hbond substituents is 1. The number of benzene rings is 2. The first-order chi connectivity index (χ1) is 11.1. The molecule has 23 heavy (non-hydrogen) atoms. The fraction of sp³-hybridized carbons (Fsp3) is 0.111. The third kappa shape index (κ3) is 4.35. The second kappa shape index (κ2) is 7.66. The van der Waals surface area contributed by atoms with Gasteiger partial charge in [-0.05, 0) is 42.8 Å². The number of carbonyl (C=O) groups excluding carboxylic acids is 1. The Balaban J connectivity index is 2.23. The summed E-state index contributed by atoms with van der Waals surface area (Å²) in [5, 5.41) is 21.3. The summed E-state index contributed by atoms with van der Waals surface area (Å²) in [5.41, 5.74) is 0.994. The van der Waals surface area contributed by atoms with E-state index in [1.165, 1.54) is 18.2 Å². The maximum atomic E-state index is 12.3. The molecule has 0 aromatic heterocycles. The van der Waals surface area contributed by atoms with Gasteiger partial charge in [0.2, 0.25) is 0 Å². The molecule has 0 aliphatic carbocycles. The summed E-state index contributed by atoms with van der Waals surface area (Å²) >= 11 is 0. The zero-order chi connectivity index (χ0) is 16.7. The summed E-state index contributed by atoms with van der Waals surface area (Å²) in [6, 6.07) is 15.2. The van der Waals surface area contributed by atoms with E-state index in [0.29, 0.717) is 23.6 Å². The van der Waals surface area contributed by atoms with Gasteiger partial charge in [0, 0.05) is 0 Å². The Morgan fingerprint density at radius 3 is 2.78 bits per heavy atom. The first kappa shape index (κ1) is 16.1. The Kier molecular flexibility index (Phi) is 5.37. The topological polar surface area (TPSA) is 82.3 Å². The molecule has 116 valence electrons. The summed E-state index contributed by atoms with van der Waals surface area (Å²) in [7, 11) is 0. The van der Waals surface area contributed by atoms with Crippen molar-refractivity contribution in [1.29, 1.82) is 5.26 Å². The zero-order valence-electron chi connectivity index (χ0n) is 12.6. The van der Waals surface area contributed by atoms with Crippen LogP contribution in [0, 0.1) is 11.3 Å². The molecular weight excluding hydrogens is 292 g/mol. The minimum Gasteiger partial charge on any atom is -0.508 e. The van der Waals surface area contributed by atoms with Gasteiger partial charge in [-0.1, -0.05) is 24.3 Å². The Bertz CT molecular complexity index is 776. The molecule has 0 spiro atoms. The fourth-order valence-corrected chi connectivity index (χ4v) is 1.97. The summed E-state index contributed by atoms with van der Waals surface area (Å²) in [4.78, 5) is 12.3. The van der Waals surface area contributed by atoms with Gasteiger partial charge in [-0.15, -0.1) is 0 Å². The highest BCUT2D eigenvalue weighted by Crippen LogP contribution is 2.24. The number of nitriles is 1. The Hall–Kier alpha value is -3.26. The number of hydrogen-bond donors (Lipinski definition) is 2. The highest BCUT2D eigenvalue weighted by molar-refractivity contribution is 6.10. The van der Waals surface area contributed by atoms with Gasteiger partial charge >= 0.3 is 0 Å². The average Bonchev–Trinajstić information content (AvgIpc) is 2.54. The summed E-state index contributed by atoms with van der Waals surface area (Å²) in [6.45, 7) is 2.32. The van der Waals surface area contributed by atoms with Gasteiger partial charge in [-0.25, -0.2) is 0 Å². The van der Waals surface area contributed by atoms with Crippen LogP contribution in [-0.2, 0) is 4.79 Å². The molecule has 0 aliphatic heterocycles. The second-order valence-electron chi connectivity index (χ2n) is 4.65. The van der Waals surface area contributed by atoms with Crippen LogP contribution in [0.15, 0.2) is 54.1 Å². The van der Waals surface area contributed by atoms with Crippen LogP contribution in [0.5, 0.6) is 11.5 Å². The molecule has 0 saturated carbocycles. The number of nitrogens with zero attached hydrogens (tertiary/aromatic N) is 1. The van der Waals surface area contributed by atoms with Crippen LogP contribution >= 0.6 is 0 Å². The van der Waals surface area contributed by atoms with Gasteiger partial charge in [-0.3, -0.25) is 4.79 Å². The molecule has 0 aliphatic rings. The molecule has 5 nitrogen and oxygen atoms in total. The van der Waals surface area contributed by atoms with E-state index in [1.807, 2.05) is 13.0 Å². The van der Waals surface area contributed by atoms with E-state index in [2.05, 4.69) is 5.32 Å². The maximum absolute atomic E-state index is 12.3. The van der Waals surface area contributed by atoms with Crippen LogP contribution < -0.4 is 10.1 Å². The lowest BCUT2D eigenvalue weighted by molar-refractivity contribution is -0.112. The molecular formula is C18H16N2O3. The number of nitrogens with one attached hydrogen (secondary N) is 1. The largest absolute Gasteiger partial charge is 0.508 e. The standard InChI is InChI=1S/C18H16N2O3/c1-2-23-17-9-4-3-8-16(17)20-18(22)14(12-19)10-13-6-5-7-15(21)11-13/h3-11,21H,2H2,1H3,(H,20,22)/b14-10+. The number of ether oxygens (including phenoxy) is 1. The van der Waals surface area contributed by atoms with E-state index in [9.17, 15) is 15.2 Å². The Morgan fingerprint density at radius 2 is 2.09 bits per heavy atom.